The molecule has 1 aromatic heterocycles. The quantitative estimate of drug-likeness (QED) is 0.616. The van der Waals surface area contributed by atoms with Crippen LogP contribution in [-0.4, -0.2) is 33.1 Å². The lowest BCUT2D eigenvalue weighted by atomic mass is 9.97. The minimum atomic E-state index is -0.647. The molecule has 0 unspecified atom stereocenters. The Bertz CT molecular complexity index is 766. The molecule has 0 spiro atoms. The predicted molar refractivity (Wildman–Crippen MR) is 98.4 cm³/mol. The molecule has 136 valence electrons. The molecule has 2 aromatic rings. The van der Waals surface area contributed by atoms with Gasteiger partial charge in [-0.05, 0) is 49.8 Å². The summed E-state index contributed by atoms with van der Waals surface area (Å²) in [5.41, 5.74) is 2.99. The molecule has 0 aliphatic heterocycles. The number of anilines is 1. The Hall–Kier alpha value is -2.96. The summed E-state index contributed by atoms with van der Waals surface area (Å²) in [7, 11) is 0. The van der Waals surface area contributed by atoms with E-state index in [1.54, 1.807) is 23.1 Å². The lowest BCUT2D eigenvalue weighted by Crippen LogP contribution is -2.36. The number of hydrogen-bond acceptors (Lipinski definition) is 4. The Labute approximate surface area is 152 Å². The second-order valence-electron chi connectivity index (χ2n) is 6.36. The van der Waals surface area contributed by atoms with Gasteiger partial charge in [-0.25, -0.2) is 9.67 Å². The van der Waals surface area contributed by atoms with Crippen molar-refractivity contribution in [2.24, 2.45) is 0 Å². The highest BCUT2D eigenvalue weighted by molar-refractivity contribution is 6.39. The molecule has 1 aromatic carbocycles. The number of benzene rings is 1. The van der Waals surface area contributed by atoms with Crippen molar-refractivity contribution in [1.82, 2.24) is 20.1 Å². The Morgan fingerprint density at radius 2 is 1.96 bits per heavy atom. The SMILES string of the molecule is O=C(NCCC1=CCCCC1)C(=O)Nc1ccc(Cn2cncn2)cc1. The fourth-order valence-electron chi connectivity index (χ4n) is 2.93. The number of allylic oxidation sites excluding steroid dienone is 1. The molecule has 2 amide bonds. The summed E-state index contributed by atoms with van der Waals surface area (Å²) in [5, 5.41) is 9.34. The zero-order valence-electron chi connectivity index (χ0n) is 14.6. The largest absolute Gasteiger partial charge is 0.348 e. The summed E-state index contributed by atoms with van der Waals surface area (Å²) in [6, 6.07) is 7.30. The van der Waals surface area contributed by atoms with E-state index >= 15 is 0 Å². The minimum Gasteiger partial charge on any atom is -0.348 e. The molecule has 7 nitrogen and oxygen atoms in total. The van der Waals surface area contributed by atoms with E-state index in [2.05, 4.69) is 26.8 Å². The minimum absolute atomic E-state index is 0.495. The van der Waals surface area contributed by atoms with E-state index in [0.717, 1.165) is 24.8 Å². The number of nitrogens with one attached hydrogen (secondary N) is 2. The first-order valence-electron chi connectivity index (χ1n) is 8.89. The van der Waals surface area contributed by atoms with Crippen molar-refractivity contribution in [3.05, 3.63) is 54.1 Å². The lowest BCUT2D eigenvalue weighted by molar-refractivity contribution is -0.136. The Kier molecular flexibility index (Phi) is 6.14. The van der Waals surface area contributed by atoms with Gasteiger partial charge in [-0.2, -0.15) is 5.10 Å². The molecule has 1 heterocycles. The van der Waals surface area contributed by atoms with Gasteiger partial charge in [-0.1, -0.05) is 23.8 Å². The van der Waals surface area contributed by atoms with Crippen LogP contribution >= 0.6 is 0 Å². The molecule has 0 saturated carbocycles. The molecule has 1 aliphatic rings. The van der Waals surface area contributed by atoms with E-state index in [1.807, 2.05) is 12.1 Å². The standard InChI is InChI=1S/C19H23N5O2/c25-18(21-11-10-15-4-2-1-3-5-15)19(26)23-17-8-6-16(7-9-17)12-24-14-20-13-22-24/h4,6-9,13-14H,1-3,5,10-12H2,(H,21,25)(H,23,26). The van der Waals surface area contributed by atoms with Crippen molar-refractivity contribution < 1.29 is 9.59 Å². The highest BCUT2D eigenvalue weighted by Gasteiger charge is 2.13. The molecule has 2 N–H and O–H groups in total. The summed E-state index contributed by atoms with van der Waals surface area (Å²) < 4.78 is 1.71. The van der Waals surface area contributed by atoms with Gasteiger partial charge < -0.3 is 10.6 Å². The maximum Gasteiger partial charge on any atom is 0.313 e. The zero-order valence-corrected chi connectivity index (χ0v) is 14.6. The number of carbonyl (C=O) groups is 2. The summed E-state index contributed by atoms with van der Waals surface area (Å²) in [6.45, 7) is 1.10. The van der Waals surface area contributed by atoms with Crippen LogP contribution in [-0.2, 0) is 16.1 Å². The number of aromatic nitrogens is 3. The van der Waals surface area contributed by atoms with Gasteiger partial charge >= 0.3 is 11.8 Å². The van der Waals surface area contributed by atoms with E-state index in [9.17, 15) is 9.59 Å². The second kappa shape index (κ2) is 8.94. The van der Waals surface area contributed by atoms with Crippen LogP contribution in [0.4, 0.5) is 5.69 Å². The average molecular weight is 353 g/mol. The molecule has 0 radical (unpaired) electrons. The van der Waals surface area contributed by atoms with E-state index < -0.39 is 11.8 Å². The molecule has 0 atom stereocenters. The van der Waals surface area contributed by atoms with Crippen LogP contribution in [0.3, 0.4) is 0 Å². The number of nitrogens with zero attached hydrogens (tertiary/aromatic N) is 3. The van der Waals surface area contributed by atoms with Crippen LogP contribution in [0.25, 0.3) is 0 Å². The van der Waals surface area contributed by atoms with Crippen molar-refractivity contribution in [3.63, 3.8) is 0 Å². The number of carbonyl (C=O) groups excluding carboxylic acids is 2. The Morgan fingerprint density at radius 3 is 2.65 bits per heavy atom. The Morgan fingerprint density at radius 1 is 1.12 bits per heavy atom. The van der Waals surface area contributed by atoms with Crippen LogP contribution in [0.2, 0.25) is 0 Å². The van der Waals surface area contributed by atoms with Crippen LogP contribution in [0.5, 0.6) is 0 Å². The third-order valence-electron chi connectivity index (χ3n) is 4.35. The zero-order chi connectivity index (χ0) is 18.2. The maximum atomic E-state index is 12.0. The third kappa shape index (κ3) is 5.27. The summed E-state index contributed by atoms with van der Waals surface area (Å²) in [6.07, 6.45) is 10.9. The number of amides is 2. The van der Waals surface area contributed by atoms with Gasteiger partial charge in [0.25, 0.3) is 0 Å². The van der Waals surface area contributed by atoms with E-state index in [0.29, 0.717) is 18.8 Å². The van der Waals surface area contributed by atoms with Crippen LogP contribution in [0, 0.1) is 0 Å². The molecule has 7 heteroatoms. The molecule has 0 saturated heterocycles. The van der Waals surface area contributed by atoms with Crippen molar-refractivity contribution in [2.45, 2.75) is 38.6 Å². The molecular weight excluding hydrogens is 330 g/mol. The normalized spacial score (nSPS) is 13.8. The van der Waals surface area contributed by atoms with Crippen molar-refractivity contribution in [2.75, 3.05) is 11.9 Å². The van der Waals surface area contributed by atoms with Crippen molar-refractivity contribution >= 4 is 17.5 Å². The second-order valence-corrected chi connectivity index (χ2v) is 6.36. The third-order valence-corrected chi connectivity index (χ3v) is 4.35. The first kappa shape index (κ1) is 17.8. The van der Waals surface area contributed by atoms with E-state index in [1.165, 1.54) is 24.7 Å². The molecule has 0 bridgehead atoms. The molecule has 0 fully saturated rings. The smallest absolute Gasteiger partial charge is 0.313 e. The van der Waals surface area contributed by atoms with Crippen molar-refractivity contribution in [1.29, 1.82) is 0 Å². The molecule has 3 rings (SSSR count). The maximum absolute atomic E-state index is 12.0. The van der Waals surface area contributed by atoms with Gasteiger partial charge in [0.2, 0.25) is 0 Å². The average Bonchev–Trinajstić information content (AvgIpc) is 3.17. The topological polar surface area (TPSA) is 88.9 Å². The fraction of sp³-hybridized carbons (Fsp3) is 0.368. The van der Waals surface area contributed by atoms with Crippen molar-refractivity contribution in [3.8, 4) is 0 Å². The number of hydrogen-bond donors (Lipinski definition) is 2. The van der Waals surface area contributed by atoms with Crippen LogP contribution in [0.15, 0.2) is 48.6 Å². The van der Waals surface area contributed by atoms with E-state index in [4.69, 9.17) is 0 Å². The molecule has 26 heavy (non-hydrogen) atoms. The van der Waals surface area contributed by atoms with E-state index in [-0.39, 0.29) is 0 Å². The fourth-order valence-corrected chi connectivity index (χ4v) is 2.93. The van der Waals surface area contributed by atoms with Gasteiger partial charge in [0.05, 0.1) is 6.54 Å². The van der Waals surface area contributed by atoms with Gasteiger partial charge in [0, 0.05) is 12.2 Å². The molecule has 1 aliphatic carbocycles. The Balaban J connectivity index is 1.43. The predicted octanol–water partition coefficient (Wildman–Crippen LogP) is 2.27. The lowest BCUT2D eigenvalue weighted by Gasteiger charge is -2.13. The van der Waals surface area contributed by atoms with Gasteiger partial charge in [-0.15, -0.1) is 0 Å². The highest BCUT2D eigenvalue weighted by atomic mass is 16.2. The molecular formula is C19H23N5O2. The van der Waals surface area contributed by atoms with Gasteiger partial charge in [-0.3, -0.25) is 9.59 Å². The monoisotopic (exact) mass is 353 g/mol. The van der Waals surface area contributed by atoms with Gasteiger partial charge in [0.1, 0.15) is 12.7 Å². The first-order chi connectivity index (χ1) is 12.7. The van der Waals surface area contributed by atoms with Gasteiger partial charge in [0.15, 0.2) is 0 Å². The first-order valence-corrected chi connectivity index (χ1v) is 8.89. The highest BCUT2D eigenvalue weighted by Crippen LogP contribution is 2.19. The summed E-state index contributed by atoms with van der Waals surface area (Å²) in [5.74, 6) is -1.25. The van der Waals surface area contributed by atoms with Crippen LogP contribution < -0.4 is 10.6 Å². The van der Waals surface area contributed by atoms with Crippen LogP contribution in [0.1, 0.15) is 37.7 Å². The summed E-state index contributed by atoms with van der Waals surface area (Å²) in [4.78, 5) is 27.8. The summed E-state index contributed by atoms with van der Waals surface area (Å²) >= 11 is 0. The number of rotatable bonds is 6.